The Morgan fingerprint density at radius 2 is 1.76 bits per heavy atom. The average Bonchev–Trinajstić information content (AvgIpc) is 2.60. The molecule has 0 unspecified atom stereocenters. The third-order valence-corrected chi connectivity index (χ3v) is 3.17. The van der Waals surface area contributed by atoms with Gasteiger partial charge in [-0.25, -0.2) is 0 Å². The molecule has 25 heavy (non-hydrogen) atoms. The largest absolute Gasteiger partial charge is 0.493 e. The summed E-state index contributed by atoms with van der Waals surface area (Å²) in [6.07, 6.45) is 3.21. The van der Waals surface area contributed by atoms with Crippen molar-refractivity contribution in [1.29, 1.82) is 0 Å². The fraction of sp³-hybridized carbons (Fsp3) is 0.125. The number of nitro groups is 2. The molecule has 0 aliphatic heterocycles. The van der Waals surface area contributed by atoms with Crippen LogP contribution in [-0.2, 0) is 0 Å². The second kappa shape index (κ2) is 7.88. The lowest BCUT2D eigenvalue weighted by molar-refractivity contribution is -0.394. The molecule has 2 aromatic rings. The zero-order valence-corrected chi connectivity index (χ0v) is 13.1. The number of aliphatic hydroxyl groups is 1. The lowest BCUT2D eigenvalue weighted by atomic mass is 10.2. The standard InChI is InChI=1S/C16H14N2O7/c1-24-16-9-11(3-2-8-19)4-6-15(16)25-14-7-5-12(17(20)21)10-13(14)18(22)23/h2-7,9-10,19H,8H2,1H3/b3-2+. The quantitative estimate of drug-likeness (QED) is 0.602. The van der Waals surface area contributed by atoms with Crippen LogP contribution in [0, 0.1) is 20.2 Å². The molecular formula is C16H14N2O7. The van der Waals surface area contributed by atoms with E-state index in [-0.39, 0.29) is 18.1 Å². The zero-order valence-electron chi connectivity index (χ0n) is 13.1. The Bertz CT molecular complexity index is 833. The Morgan fingerprint density at radius 1 is 1.04 bits per heavy atom. The van der Waals surface area contributed by atoms with Crippen molar-refractivity contribution in [2.45, 2.75) is 0 Å². The van der Waals surface area contributed by atoms with Gasteiger partial charge in [0.1, 0.15) is 0 Å². The van der Waals surface area contributed by atoms with Gasteiger partial charge in [0.05, 0.1) is 29.6 Å². The number of non-ortho nitro benzene ring substituents is 1. The summed E-state index contributed by atoms with van der Waals surface area (Å²) in [5.41, 5.74) is -0.201. The van der Waals surface area contributed by atoms with E-state index in [0.29, 0.717) is 5.75 Å². The molecule has 0 fully saturated rings. The van der Waals surface area contributed by atoms with Crippen LogP contribution in [0.1, 0.15) is 5.56 Å². The molecule has 0 bridgehead atoms. The Labute approximate surface area is 142 Å². The van der Waals surface area contributed by atoms with Crippen molar-refractivity contribution in [3.8, 4) is 17.2 Å². The van der Waals surface area contributed by atoms with E-state index in [1.807, 2.05) is 0 Å². The molecule has 9 nitrogen and oxygen atoms in total. The molecule has 0 saturated heterocycles. The number of hydrogen-bond acceptors (Lipinski definition) is 7. The van der Waals surface area contributed by atoms with Crippen molar-refractivity contribution in [3.63, 3.8) is 0 Å². The third-order valence-electron chi connectivity index (χ3n) is 3.17. The molecule has 2 rings (SSSR count). The molecule has 0 spiro atoms. The first-order chi connectivity index (χ1) is 12.0. The zero-order chi connectivity index (χ0) is 18.4. The Hall–Kier alpha value is -3.46. The molecule has 0 amide bonds. The minimum atomic E-state index is -0.757. The summed E-state index contributed by atoms with van der Waals surface area (Å²) >= 11 is 0. The van der Waals surface area contributed by atoms with Gasteiger partial charge in [-0.15, -0.1) is 0 Å². The highest BCUT2D eigenvalue weighted by atomic mass is 16.6. The van der Waals surface area contributed by atoms with Crippen LogP contribution >= 0.6 is 0 Å². The summed E-state index contributed by atoms with van der Waals surface area (Å²) in [5, 5.41) is 30.7. The molecule has 0 radical (unpaired) electrons. The molecular weight excluding hydrogens is 332 g/mol. The molecule has 0 aromatic heterocycles. The van der Waals surface area contributed by atoms with Crippen LogP contribution in [0.3, 0.4) is 0 Å². The monoisotopic (exact) mass is 346 g/mol. The van der Waals surface area contributed by atoms with Gasteiger partial charge in [-0.1, -0.05) is 18.2 Å². The summed E-state index contributed by atoms with van der Waals surface area (Å²) in [5.74, 6) is 0.376. The molecule has 0 saturated carbocycles. The number of benzene rings is 2. The van der Waals surface area contributed by atoms with Gasteiger partial charge in [0, 0.05) is 6.07 Å². The fourth-order valence-corrected chi connectivity index (χ4v) is 2.03. The number of nitro benzene ring substituents is 2. The van der Waals surface area contributed by atoms with Crippen molar-refractivity contribution in [3.05, 3.63) is 68.3 Å². The maximum absolute atomic E-state index is 11.2. The van der Waals surface area contributed by atoms with Gasteiger partial charge in [-0.2, -0.15) is 0 Å². The second-order valence-electron chi connectivity index (χ2n) is 4.76. The van der Waals surface area contributed by atoms with Gasteiger partial charge >= 0.3 is 5.69 Å². The molecule has 2 aromatic carbocycles. The minimum absolute atomic E-state index is 0.116. The number of hydrogen-bond donors (Lipinski definition) is 1. The van der Waals surface area contributed by atoms with Gasteiger partial charge in [-0.3, -0.25) is 20.2 Å². The van der Waals surface area contributed by atoms with Gasteiger partial charge in [0.25, 0.3) is 5.69 Å². The van der Waals surface area contributed by atoms with Gasteiger partial charge in [-0.05, 0) is 23.8 Å². The van der Waals surface area contributed by atoms with E-state index in [1.54, 1.807) is 24.3 Å². The van der Waals surface area contributed by atoms with Crippen molar-refractivity contribution in [2.24, 2.45) is 0 Å². The summed E-state index contributed by atoms with van der Waals surface area (Å²) in [7, 11) is 1.41. The minimum Gasteiger partial charge on any atom is -0.493 e. The fourth-order valence-electron chi connectivity index (χ4n) is 2.03. The molecule has 130 valence electrons. The molecule has 0 aliphatic carbocycles. The molecule has 0 aliphatic rings. The molecule has 1 N–H and O–H groups in total. The maximum atomic E-state index is 11.2. The van der Waals surface area contributed by atoms with E-state index >= 15 is 0 Å². The normalized spacial score (nSPS) is 10.6. The third kappa shape index (κ3) is 4.30. The Balaban J connectivity index is 2.40. The summed E-state index contributed by atoms with van der Waals surface area (Å²) < 4.78 is 10.7. The van der Waals surface area contributed by atoms with Crippen LogP contribution in [0.4, 0.5) is 11.4 Å². The summed E-state index contributed by atoms with van der Waals surface area (Å²) in [6, 6.07) is 7.95. The topological polar surface area (TPSA) is 125 Å². The molecule has 0 heterocycles. The van der Waals surface area contributed by atoms with Crippen molar-refractivity contribution >= 4 is 17.5 Å². The number of rotatable bonds is 7. The lowest BCUT2D eigenvalue weighted by Gasteiger charge is -2.11. The van der Waals surface area contributed by atoms with Crippen molar-refractivity contribution in [2.75, 3.05) is 13.7 Å². The van der Waals surface area contributed by atoms with Crippen LogP contribution in [-0.4, -0.2) is 28.7 Å². The number of ether oxygens (including phenoxy) is 2. The highest BCUT2D eigenvalue weighted by Crippen LogP contribution is 2.38. The van der Waals surface area contributed by atoms with Crippen LogP contribution < -0.4 is 9.47 Å². The van der Waals surface area contributed by atoms with Crippen LogP contribution in [0.15, 0.2) is 42.5 Å². The smallest absolute Gasteiger partial charge is 0.318 e. The maximum Gasteiger partial charge on any atom is 0.318 e. The van der Waals surface area contributed by atoms with E-state index in [1.165, 1.54) is 13.2 Å². The van der Waals surface area contributed by atoms with Gasteiger partial charge < -0.3 is 14.6 Å². The lowest BCUT2D eigenvalue weighted by Crippen LogP contribution is -1.97. The average molecular weight is 346 g/mol. The highest BCUT2D eigenvalue weighted by Gasteiger charge is 2.22. The predicted octanol–water partition coefficient (Wildman–Crippen LogP) is 3.31. The van der Waals surface area contributed by atoms with Crippen LogP contribution in [0.5, 0.6) is 17.2 Å². The number of aliphatic hydroxyl groups excluding tert-OH is 1. The second-order valence-corrected chi connectivity index (χ2v) is 4.76. The van der Waals surface area contributed by atoms with Crippen LogP contribution in [0.25, 0.3) is 6.08 Å². The summed E-state index contributed by atoms with van der Waals surface area (Å²) in [4.78, 5) is 20.4. The first-order valence-corrected chi connectivity index (χ1v) is 7.02. The Kier molecular flexibility index (Phi) is 5.64. The summed E-state index contributed by atoms with van der Waals surface area (Å²) in [6.45, 7) is -0.116. The van der Waals surface area contributed by atoms with Gasteiger partial charge in [0.2, 0.25) is 5.75 Å². The first kappa shape index (κ1) is 17.9. The van der Waals surface area contributed by atoms with Gasteiger partial charge in [0.15, 0.2) is 11.5 Å². The van der Waals surface area contributed by atoms with E-state index in [0.717, 1.165) is 23.8 Å². The molecule has 0 atom stereocenters. The van der Waals surface area contributed by atoms with Crippen LogP contribution in [0.2, 0.25) is 0 Å². The van der Waals surface area contributed by atoms with E-state index in [9.17, 15) is 20.2 Å². The number of methoxy groups -OCH3 is 1. The number of nitrogens with zero attached hydrogens (tertiary/aromatic N) is 2. The van der Waals surface area contributed by atoms with Crippen molar-refractivity contribution < 1.29 is 24.4 Å². The van der Waals surface area contributed by atoms with E-state index in [4.69, 9.17) is 14.6 Å². The predicted molar refractivity (Wildman–Crippen MR) is 88.9 cm³/mol. The SMILES string of the molecule is COc1cc(/C=C/CO)ccc1Oc1ccc([N+](=O)[O-])cc1[N+](=O)[O-]. The first-order valence-electron chi connectivity index (χ1n) is 7.02. The molecule has 9 heteroatoms. The highest BCUT2D eigenvalue weighted by molar-refractivity contribution is 5.59. The Morgan fingerprint density at radius 3 is 2.36 bits per heavy atom. The van der Waals surface area contributed by atoms with E-state index in [2.05, 4.69) is 0 Å². The van der Waals surface area contributed by atoms with E-state index < -0.39 is 21.2 Å². The van der Waals surface area contributed by atoms with Crippen molar-refractivity contribution in [1.82, 2.24) is 0 Å².